The monoisotopic (exact) mass is 289 g/mol. The number of carbonyl (C=O) groups is 1. The molecule has 2 unspecified atom stereocenters. The molecule has 1 aliphatic rings. The van der Waals surface area contributed by atoms with E-state index in [1.165, 1.54) is 12.8 Å². The zero-order valence-corrected chi connectivity index (χ0v) is 12.9. The second-order valence-electron chi connectivity index (χ2n) is 5.46. The zero-order chi connectivity index (χ0) is 13.9. The van der Waals surface area contributed by atoms with Crippen LogP contribution in [0.3, 0.4) is 0 Å². The summed E-state index contributed by atoms with van der Waals surface area (Å²) in [6, 6.07) is 0. The van der Waals surface area contributed by atoms with Gasteiger partial charge in [-0.3, -0.25) is 4.79 Å². The molecular weight excluding hydrogens is 262 g/mol. The van der Waals surface area contributed by atoms with Crippen molar-refractivity contribution in [2.45, 2.75) is 64.4 Å². The van der Waals surface area contributed by atoms with Crippen LogP contribution in [0.15, 0.2) is 0 Å². The lowest BCUT2D eigenvalue weighted by Gasteiger charge is -2.22. The van der Waals surface area contributed by atoms with Crippen LogP contribution >= 0.6 is 11.6 Å². The van der Waals surface area contributed by atoms with Gasteiger partial charge in [0.25, 0.3) is 0 Å². The minimum atomic E-state index is 0.157. The summed E-state index contributed by atoms with van der Waals surface area (Å²) in [5.74, 6) is 1.36. The molecule has 1 fully saturated rings. The standard InChI is InChI=1S/C15H28ClNO2/c1-2-5-13(9-10-16)12-17-15(18)8-7-14-6-3-4-11-19-14/h13-14H,2-12H2,1H3,(H,17,18). The van der Waals surface area contributed by atoms with E-state index in [2.05, 4.69) is 12.2 Å². The van der Waals surface area contributed by atoms with Crippen LogP contribution in [0.2, 0.25) is 0 Å². The topological polar surface area (TPSA) is 38.3 Å². The summed E-state index contributed by atoms with van der Waals surface area (Å²) in [6.07, 6.45) is 8.53. The third-order valence-corrected chi connectivity index (χ3v) is 3.99. The molecule has 112 valence electrons. The molecule has 0 aromatic carbocycles. The van der Waals surface area contributed by atoms with E-state index in [1.807, 2.05) is 0 Å². The van der Waals surface area contributed by atoms with E-state index >= 15 is 0 Å². The molecule has 1 aliphatic heterocycles. The maximum Gasteiger partial charge on any atom is 0.220 e. The Morgan fingerprint density at radius 3 is 2.89 bits per heavy atom. The smallest absolute Gasteiger partial charge is 0.220 e. The quantitative estimate of drug-likeness (QED) is 0.660. The minimum Gasteiger partial charge on any atom is -0.378 e. The normalized spacial score (nSPS) is 21.1. The molecule has 1 saturated heterocycles. The molecule has 0 radical (unpaired) electrons. The maximum atomic E-state index is 11.8. The molecule has 1 amide bonds. The number of hydrogen-bond donors (Lipinski definition) is 1. The predicted octanol–water partition coefficient (Wildman–Crippen LogP) is 3.50. The predicted molar refractivity (Wildman–Crippen MR) is 79.6 cm³/mol. The first-order valence-electron chi connectivity index (χ1n) is 7.70. The highest BCUT2D eigenvalue weighted by molar-refractivity contribution is 6.17. The van der Waals surface area contributed by atoms with Crippen LogP contribution in [0.5, 0.6) is 0 Å². The van der Waals surface area contributed by atoms with Crippen LogP contribution < -0.4 is 5.32 Å². The van der Waals surface area contributed by atoms with Crippen molar-refractivity contribution < 1.29 is 9.53 Å². The van der Waals surface area contributed by atoms with Crippen molar-refractivity contribution in [3.63, 3.8) is 0 Å². The van der Waals surface area contributed by atoms with Crippen LogP contribution in [-0.2, 0) is 9.53 Å². The molecule has 0 saturated carbocycles. The van der Waals surface area contributed by atoms with Crippen molar-refractivity contribution in [3.05, 3.63) is 0 Å². The van der Waals surface area contributed by atoms with Crippen molar-refractivity contribution >= 4 is 17.5 Å². The number of alkyl halides is 1. The molecular formula is C15H28ClNO2. The zero-order valence-electron chi connectivity index (χ0n) is 12.1. The summed E-state index contributed by atoms with van der Waals surface area (Å²) in [5, 5.41) is 3.04. The van der Waals surface area contributed by atoms with E-state index in [0.29, 0.717) is 24.3 Å². The summed E-state index contributed by atoms with van der Waals surface area (Å²) in [4.78, 5) is 11.8. The van der Waals surface area contributed by atoms with Crippen LogP contribution in [0.4, 0.5) is 0 Å². The lowest BCUT2D eigenvalue weighted by atomic mass is 10.0. The maximum absolute atomic E-state index is 11.8. The van der Waals surface area contributed by atoms with Gasteiger partial charge in [-0.15, -0.1) is 11.6 Å². The van der Waals surface area contributed by atoms with E-state index in [4.69, 9.17) is 16.3 Å². The Labute approximate surface area is 122 Å². The molecule has 0 aromatic heterocycles. The van der Waals surface area contributed by atoms with Gasteiger partial charge in [-0.25, -0.2) is 0 Å². The van der Waals surface area contributed by atoms with Crippen LogP contribution in [0, 0.1) is 5.92 Å². The van der Waals surface area contributed by atoms with E-state index in [1.54, 1.807) is 0 Å². The molecule has 0 aromatic rings. The average Bonchev–Trinajstić information content (AvgIpc) is 2.44. The van der Waals surface area contributed by atoms with Crippen molar-refractivity contribution in [3.8, 4) is 0 Å². The van der Waals surface area contributed by atoms with Crippen molar-refractivity contribution in [1.82, 2.24) is 5.32 Å². The number of halogens is 1. The van der Waals surface area contributed by atoms with E-state index in [9.17, 15) is 4.79 Å². The highest BCUT2D eigenvalue weighted by atomic mass is 35.5. The van der Waals surface area contributed by atoms with Gasteiger partial charge < -0.3 is 10.1 Å². The van der Waals surface area contributed by atoms with E-state index in [-0.39, 0.29) is 5.91 Å². The fourth-order valence-corrected chi connectivity index (χ4v) is 2.89. The summed E-state index contributed by atoms with van der Waals surface area (Å²) >= 11 is 5.78. The number of carbonyl (C=O) groups excluding carboxylic acids is 1. The fraction of sp³-hybridized carbons (Fsp3) is 0.933. The van der Waals surface area contributed by atoms with Gasteiger partial charge >= 0.3 is 0 Å². The number of hydrogen-bond acceptors (Lipinski definition) is 2. The highest BCUT2D eigenvalue weighted by Gasteiger charge is 2.15. The molecule has 1 rings (SSSR count). The van der Waals surface area contributed by atoms with Gasteiger partial charge in [-0.2, -0.15) is 0 Å². The Morgan fingerprint density at radius 2 is 2.26 bits per heavy atom. The number of ether oxygens (including phenoxy) is 1. The summed E-state index contributed by atoms with van der Waals surface area (Å²) in [7, 11) is 0. The largest absolute Gasteiger partial charge is 0.378 e. The van der Waals surface area contributed by atoms with Crippen molar-refractivity contribution in [2.24, 2.45) is 5.92 Å². The van der Waals surface area contributed by atoms with Gasteiger partial charge in [0.15, 0.2) is 0 Å². The van der Waals surface area contributed by atoms with E-state index in [0.717, 1.165) is 45.3 Å². The molecule has 19 heavy (non-hydrogen) atoms. The lowest BCUT2D eigenvalue weighted by molar-refractivity contribution is -0.122. The number of amides is 1. The lowest BCUT2D eigenvalue weighted by Crippen LogP contribution is -2.30. The second kappa shape index (κ2) is 10.5. The summed E-state index contributed by atoms with van der Waals surface area (Å²) in [6.45, 7) is 3.80. The Hall–Kier alpha value is -0.280. The third kappa shape index (κ3) is 7.78. The highest BCUT2D eigenvalue weighted by Crippen LogP contribution is 2.17. The van der Waals surface area contributed by atoms with Gasteiger partial charge in [-0.1, -0.05) is 13.3 Å². The van der Waals surface area contributed by atoms with Crippen LogP contribution in [0.25, 0.3) is 0 Å². The average molecular weight is 290 g/mol. The molecule has 0 spiro atoms. The minimum absolute atomic E-state index is 0.157. The molecule has 3 nitrogen and oxygen atoms in total. The Morgan fingerprint density at radius 1 is 1.42 bits per heavy atom. The molecule has 4 heteroatoms. The SMILES string of the molecule is CCCC(CCCl)CNC(=O)CCC1CCCCO1. The van der Waals surface area contributed by atoms with Gasteiger partial charge in [0.1, 0.15) is 0 Å². The molecule has 0 aliphatic carbocycles. The Bertz CT molecular complexity index is 236. The van der Waals surface area contributed by atoms with Crippen LogP contribution in [-0.4, -0.2) is 31.0 Å². The van der Waals surface area contributed by atoms with Gasteiger partial charge in [0.05, 0.1) is 6.10 Å². The van der Waals surface area contributed by atoms with E-state index < -0.39 is 0 Å². The van der Waals surface area contributed by atoms with Gasteiger partial charge in [0, 0.05) is 25.5 Å². The summed E-state index contributed by atoms with van der Waals surface area (Å²) < 4.78 is 5.63. The molecule has 1 heterocycles. The molecule has 1 N–H and O–H groups in total. The molecule has 2 atom stereocenters. The van der Waals surface area contributed by atoms with Crippen molar-refractivity contribution in [2.75, 3.05) is 19.0 Å². The van der Waals surface area contributed by atoms with Crippen molar-refractivity contribution in [1.29, 1.82) is 0 Å². The van der Waals surface area contributed by atoms with Gasteiger partial charge in [-0.05, 0) is 44.4 Å². The first-order chi connectivity index (χ1) is 9.26. The first-order valence-corrected chi connectivity index (χ1v) is 8.24. The summed E-state index contributed by atoms with van der Waals surface area (Å²) in [5.41, 5.74) is 0. The van der Waals surface area contributed by atoms with Crippen LogP contribution in [0.1, 0.15) is 58.3 Å². The third-order valence-electron chi connectivity index (χ3n) is 3.77. The Balaban J connectivity index is 2.11. The number of rotatable bonds is 9. The van der Waals surface area contributed by atoms with Gasteiger partial charge in [0.2, 0.25) is 5.91 Å². The second-order valence-corrected chi connectivity index (χ2v) is 5.84. The molecule has 0 bridgehead atoms. The number of nitrogens with one attached hydrogen (secondary N) is 1. The first kappa shape index (κ1) is 16.8. The Kier molecular flexibility index (Phi) is 9.27. The fourth-order valence-electron chi connectivity index (χ4n) is 2.58.